The molecule has 1 atom stereocenters. The van der Waals surface area contributed by atoms with Gasteiger partial charge in [0.05, 0.1) is 18.7 Å². The van der Waals surface area contributed by atoms with Crippen molar-refractivity contribution in [2.24, 2.45) is 5.92 Å². The molecule has 122 valence electrons. The smallest absolute Gasteiger partial charge is 0.315 e. The van der Waals surface area contributed by atoms with Crippen molar-refractivity contribution in [1.29, 1.82) is 0 Å². The Hall–Kier alpha value is -1.89. The molecule has 0 aromatic heterocycles. The molecule has 1 fully saturated rings. The number of halogens is 2. The van der Waals surface area contributed by atoms with E-state index < -0.39 is 23.2 Å². The second-order valence-corrected chi connectivity index (χ2v) is 5.65. The molecule has 5 nitrogen and oxygen atoms in total. The number of rotatable bonds is 7. The van der Waals surface area contributed by atoms with Crippen molar-refractivity contribution in [1.82, 2.24) is 10.6 Å². The molecule has 0 heterocycles. The van der Waals surface area contributed by atoms with Gasteiger partial charge in [0, 0.05) is 6.07 Å². The summed E-state index contributed by atoms with van der Waals surface area (Å²) in [7, 11) is 0. The topological polar surface area (TPSA) is 70.6 Å². The molecule has 3 N–H and O–H groups in total. The summed E-state index contributed by atoms with van der Waals surface area (Å²) in [5.41, 5.74) is -0.617. The molecule has 1 unspecified atom stereocenters. The first-order valence-corrected chi connectivity index (χ1v) is 7.19. The molecule has 0 radical (unpaired) electrons. The van der Waals surface area contributed by atoms with Crippen LogP contribution in [-0.4, -0.2) is 36.4 Å². The zero-order valence-electron chi connectivity index (χ0n) is 12.4. The minimum Gasteiger partial charge on any atom is -0.489 e. The third kappa shape index (κ3) is 4.30. The van der Waals surface area contributed by atoms with Gasteiger partial charge in [-0.2, -0.15) is 0 Å². The Morgan fingerprint density at radius 3 is 2.77 bits per heavy atom. The average molecular weight is 314 g/mol. The Morgan fingerprint density at radius 2 is 2.18 bits per heavy atom. The second kappa shape index (κ2) is 6.91. The highest BCUT2D eigenvalue weighted by atomic mass is 19.1. The van der Waals surface area contributed by atoms with E-state index in [-0.39, 0.29) is 25.5 Å². The molecule has 1 aliphatic carbocycles. The zero-order chi connectivity index (χ0) is 16.2. The number of benzene rings is 1. The van der Waals surface area contributed by atoms with Gasteiger partial charge in [-0.25, -0.2) is 13.6 Å². The van der Waals surface area contributed by atoms with Crippen LogP contribution in [0.2, 0.25) is 0 Å². The van der Waals surface area contributed by atoms with Gasteiger partial charge in [-0.3, -0.25) is 0 Å². The Labute approximate surface area is 127 Å². The summed E-state index contributed by atoms with van der Waals surface area (Å²) in [6.07, 6.45) is 1.98. The van der Waals surface area contributed by atoms with E-state index in [4.69, 9.17) is 4.74 Å². The lowest BCUT2D eigenvalue weighted by atomic mass is 9.97. The molecule has 1 aliphatic rings. The maximum atomic E-state index is 13.3. The van der Waals surface area contributed by atoms with Gasteiger partial charge < -0.3 is 20.5 Å². The van der Waals surface area contributed by atoms with Gasteiger partial charge in [-0.15, -0.1) is 0 Å². The van der Waals surface area contributed by atoms with Gasteiger partial charge in [0.1, 0.15) is 12.4 Å². The molecule has 1 aromatic carbocycles. The molecule has 0 spiro atoms. The largest absolute Gasteiger partial charge is 0.489 e. The molecule has 1 saturated carbocycles. The van der Waals surface area contributed by atoms with Gasteiger partial charge in [0.15, 0.2) is 11.6 Å². The maximum absolute atomic E-state index is 13.3. The first kappa shape index (κ1) is 16.5. The summed E-state index contributed by atoms with van der Waals surface area (Å²) >= 11 is 0. The van der Waals surface area contributed by atoms with Crippen LogP contribution in [0.3, 0.4) is 0 Å². The van der Waals surface area contributed by atoms with E-state index in [1.165, 1.54) is 6.07 Å². The fourth-order valence-electron chi connectivity index (χ4n) is 2.21. The minimum atomic E-state index is -0.786. The molecular formula is C15H20F2N2O3. The molecule has 0 saturated heterocycles. The number of ether oxygens (including phenoxy) is 1. The van der Waals surface area contributed by atoms with Crippen LogP contribution >= 0.6 is 0 Å². The van der Waals surface area contributed by atoms with Gasteiger partial charge in [0.25, 0.3) is 0 Å². The number of nitrogens with one attached hydrogen (secondary N) is 2. The lowest BCUT2D eigenvalue weighted by Crippen LogP contribution is -2.54. The van der Waals surface area contributed by atoms with Gasteiger partial charge >= 0.3 is 6.03 Å². The van der Waals surface area contributed by atoms with Crippen molar-refractivity contribution in [3.8, 4) is 5.75 Å². The summed E-state index contributed by atoms with van der Waals surface area (Å²) in [5, 5.41) is 14.7. The first-order valence-electron chi connectivity index (χ1n) is 7.19. The number of aliphatic hydroxyl groups excluding tert-OH is 1. The highest BCUT2D eigenvalue weighted by molar-refractivity contribution is 5.74. The van der Waals surface area contributed by atoms with E-state index in [9.17, 15) is 18.7 Å². The predicted molar refractivity (Wildman–Crippen MR) is 76.6 cm³/mol. The van der Waals surface area contributed by atoms with Gasteiger partial charge in [-0.05, 0) is 37.8 Å². The average Bonchev–Trinajstić information content (AvgIpc) is 3.30. The van der Waals surface area contributed by atoms with E-state index in [0.29, 0.717) is 5.92 Å². The summed E-state index contributed by atoms with van der Waals surface area (Å²) in [6, 6.07) is 2.62. The summed E-state index contributed by atoms with van der Waals surface area (Å²) in [4.78, 5) is 11.8. The van der Waals surface area contributed by atoms with Crippen molar-refractivity contribution in [3.63, 3.8) is 0 Å². The highest BCUT2D eigenvalue weighted by Crippen LogP contribution is 2.39. The fourth-order valence-corrected chi connectivity index (χ4v) is 2.21. The van der Waals surface area contributed by atoms with E-state index in [2.05, 4.69) is 10.6 Å². The number of aliphatic hydroxyl groups is 1. The van der Waals surface area contributed by atoms with Crippen molar-refractivity contribution in [3.05, 3.63) is 29.8 Å². The van der Waals surface area contributed by atoms with E-state index in [1.54, 1.807) is 6.92 Å². The lowest BCUT2D eigenvalue weighted by Gasteiger charge is -2.28. The second-order valence-electron chi connectivity index (χ2n) is 5.65. The maximum Gasteiger partial charge on any atom is 0.315 e. The van der Waals surface area contributed by atoms with Crippen molar-refractivity contribution < 1.29 is 23.4 Å². The van der Waals surface area contributed by atoms with Crippen molar-refractivity contribution in [2.75, 3.05) is 19.8 Å². The summed E-state index contributed by atoms with van der Waals surface area (Å²) < 4.78 is 31.2. The van der Waals surface area contributed by atoms with E-state index in [0.717, 1.165) is 25.0 Å². The van der Waals surface area contributed by atoms with Gasteiger partial charge in [0.2, 0.25) is 0 Å². The number of carbonyl (C=O) groups excluding carboxylic acids is 1. The Balaban J connectivity index is 1.71. The van der Waals surface area contributed by atoms with Crippen LogP contribution in [0.1, 0.15) is 19.8 Å². The van der Waals surface area contributed by atoms with Crippen LogP contribution in [0.5, 0.6) is 5.75 Å². The Morgan fingerprint density at radius 1 is 1.45 bits per heavy atom. The third-order valence-corrected chi connectivity index (χ3v) is 3.75. The summed E-state index contributed by atoms with van der Waals surface area (Å²) in [6.45, 7) is 1.89. The lowest BCUT2D eigenvalue weighted by molar-refractivity contribution is 0.154. The SMILES string of the molecule is CC(CO)(NC(=O)NCCOc1ccc(F)cc1F)C1CC1. The van der Waals surface area contributed by atoms with Gasteiger partial charge in [-0.1, -0.05) is 0 Å². The molecule has 1 aromatic rings. The number of urea groups is 1. The normalized spacial score (nSPS) is 16.7. The number of amides is 2. The Kier molecular flexibility index (Phi) is 5.18. The van der Waals surface area contributed by atoms with E-state index in [1.807, 2.05) is 0 Å². The van der Waals surface area contributed by atoms with Crippen LogP contribution in [0.25, 0.3) is 0 Å². The van der Waals surface area contributed by atoms with Crippen LogP contribution in [-0.2, 0) is 0 Å². The quantitative estimate of drug-likeness (QED) is 0.672. The Bertz CT molecular complexity index is 538. The molecule has 0 aliphatic heterocycles. The van der Waals surface area contributed by atoms with Crippen molar-refractivity contribution >= 4 is 6.03 Å². The molecule has 0 bridgehead atoms. The fraction of sp³-hybridized carbons (Fsp3) is 0.533. The van der Waals surface area contributed by atoms with Crippen molar-refractivity contribution in [2.45, 2.75) is 25.3 Å². The number of hydrogen-bond acceptors (Lipinski definition) is 3. The van der Waals surface area contributed by atoms with Crippen LogP contribution in [0.4, 0.5) is 13.6 Å². The molecule has 2 rings (SSSR count). The predicted octanol–water partition coefficient (Wildman–Crippen LogP) is 1.80. The molecule has 7 heteroatoms. The highest BCUT2D eigenvalue weighted by Gasteiger charge is 2.42. The van der Waals surface area contributed by atoms with E-state index >= 15 is 0 Å². The molecular weight excluding hydrogens is 294 g/mol. The minimum absolute atomic E-state index is 0.0508. The van der Waals surface area contributed by atoms with Crippen LogP contribution < -0.4 is 15.4 Å². The summed E-state index contributed by atoms with van der Waals surface area (Å²) in [5.74, 6) is -1.23. The standard InChI is InChI=1S/C15H20F2N2O3/c1-15(9-20,10-2-3-10)19-14(21)18-6-7-22-13-5-4-11(16)8-12(13)17/h4-5,8,10,20H,2-3,6-7,9H2,1H3,(H2,18,19,21). The first-order chi connectivity index (χ1) is 10.4. The molecule has 22 heavy (non-hydrogen) atoms. The number of hydrogen-bond donors (Lipinski definition) is 3. The monoisotopic (exact) mass is 314 g/mol. The number of carbonyl (C=O) groups is 1. The third-order valence-electron chi connectivity index (χ3n) is 3.75. The van der Waals surface area contributed by atoms with Crippen LogP contribution in [0.15, 0.2) is 18.2 Å². The zero-order valence-corrected chi connectivity index (χ0v) is 12.4. The molecule has 2 amide bonds. The van der Waals surface area contributed by atoms with Crippen LogP contribution in [0, 0.1) is 17.6 Å².